The van der Waals surface area contributed by atoms with Gasteiger partial charge in [-0.15, -0.1) is 0 Å². The molecule has 1 atom stereocenters. The van der Waals surface area contributed by atoms with Crippen LogP contribution in [0.4, 0.5) is 21.5 Å². The lowest BCUT2D eigenvalue weighted by Crippen LogP contribution is -2.27. The fourth-order valence-corrected chi connectivity index (χ4v) is 4.59. The molecule has 1 heterocycles. The molecule has 1 aromatic heterocycles. The average Bonchev–Trinajstić information content (AvgIpc) is 3.39. The molecule has 1 unspecified atom stereocenters. The van der Waals surface area contributed by atoms with Crippen molar-refractivity contribution >= 4 is 44.0 Å². The minimum Gasteiger partial charge on any atom is -0.396 e. The van der Waals surface area contributed by atoms with Crippen LogP contribution >= 0.6 is 15.9 Å². The van der Waals surface area contributed by atoms with Crippen LogP contribution in [0.25, 0.3) is 0 Å². The van der Waals surface area contributed by atoms with Crippen LogP contribution in [0, 0.1) is 12.7 Å². The van der Waals surface area contributed by atoms with Crippen LogP contribution in [-0.2, 0) is 18.0 Å². The van der Waals surface area contributed by atoms with Crippen LogP contribution in [0.5, 0.6) is 0 Å². The molecule has 6 nitrogen and oxygen atoms in total. The van der Waals surface area contributed by atoms with Gasteiger partial charge in [0.05, 0.1) is 21.8 Å². The van der Waals surface area contributed by atoms with Crippen molar-refractivity contribution in [2.75, 3.05) is 16.6 Å². The first-order valence-corrected chi connectivity index (χ1v) is 10.4. The summed E-state index contributed by atoms with van der Waals surface area (Å²) >= 11 is 3.21. The summed E-state index contributed by atoms with van der Waals surface area (Å²) in [5, 5.41) is 12.2. The quantitative estimate of drug-likeness (QED) is 0.595. The number of benzene rings is 1. The van der Waals surface area contributed by atoms with Gasteiger partial charge in [-0.3, -0.25) is 4.79 Å². The lowest BCUT2D eigenvalue weighted by molar-refractivity contribution is 0.284. The van der Waals surface area contributed by atoms with Crippen molar-refractivity contribution in [2.45, 2.75) is 30.9 Å². The zero-order valence-electron chi connectivity index (χ0n) is 15.0. The number of rotatable bonds is 7. The maximum atomic E-state index is 14.3. The summed E-state index contributed by atoms with van der Waals surface area (Å²) in [5.41, 5.74) is 1.18. The number of halogens is 2. The molecule has 0 aliphatic heterocycles. The molecule has 146 valence electrons. The van der Waals surface area contributed by atoms with Crippen LogP contribution < -0.4 is 15.6 Å². The van der Waals surface area contributed by atoms with E-state index in [-0.39, 0.29) is 17.9 Å². The molecule has 2 aromatic rings. The largest absolute Gasteiger partial charge is 0.396 e. The monoisotopic (exact) mass is 457 g/mol. The molecule has 27 heavy (non-hydrogen) atoms. The van der Waals surface area contributed by atoms with Gasteiger partial charge in [0.2, 0.25) is 0 Å². The van der Waals surface area contributed by atoms with Gasteiger partial charge in [-0.05, 0) is 44.4 Å². The van der Waals surface area contributed by atoms with Crippen LogP contribution in [0.2, 0.25) is 0 Å². The second-order valence-electron chi connectivity index (χ2n) is 6.74. The first-order chi connectivity index (χ1) is 12.8. The first-order valence-electron chi connectivity index (χ1n) is 8.49. The number of anilines is 3. The van der Waals surface area contributed by atoms with E-state index in [1.165, 1.54) is 10.6 Å². The third-order valence-corrected chi connectivity index (χ3v) is 7.07. The van der Waals surface area contributed by atoms with E-state index in [2.05, 4.69) is 26.0 Å². The fraction of sp³-hybridized carbons (Fsp3) is 0.389. The van der Waals surface area contributed by atoms with Gasteiger partial charge in [0.15, 0.2) is 0 Å². The summed E-state index contributed by atoms with van der Waals surface area (Å²) < 4.78 is 31.6. The molecule has 9 heteroatoms. The topological polar surface area (TPSA) is 83.4 Å². The summed E-state index contributed by atoms with van der Waals surface area (Å²) in [7, 11) is 0.168. The van der Waals surface area contributed by atoms with Gasteiger partial charge in [-0.1, -0.05) is 15.9 Å². The summed E-state index contributed by atoms with van der Waals surface area (Å²) in [6.45, 7) is 1.60. The summed E-state index contributed by atoms with van der Waals surface area (Å²) in [6.07, 6.45) is 3.52. The number of nitrogens with one attached hydrogen (secondary N) is 2. The number of pyridine rings is 1. The van der Waals surface area contributed by atoms with Crippen LogP contribution in [-0.4, -0.2) is 25.2 Å². The molecular formula is C18H21BrFN3O3S. The van der Waals surface area contributed by atoms with Crippen molar-refractivity contribution in [1.29, 1.82) is 0 Å². The van der Waals surface area contributed by atoms with E-state index >= 15 is 0 Å². The van der Waals surface area contributed by atoms with E-state index in [1.807, 2.05) is 0 Å². The standard InChI is InChI=1S/C18H21BrFN3O3S/c1-11-16(21-14-4-3-12(19)9-13(14)20)15(10-23(2)17(11)25)22-27(26)18(5-6-18)7-8-24/h3-4,9-10,21-22,24H,5-8H2,1-2H3. The molecule has 0 bridgehead atoms. The number of aliphatic hydroxyl groups is 1. The average molecular weight is 458 g/mol. The third kappa shape index (κ3) is 4.09. The van der Waals surface area contributed by atoms with Crippen LogP contribution in [0.3, 0.4) is 0 Å². The van der Waals surface area contributed by atoms with Crippen LogP contribution in [0.1, 0.15) is 24.8 Å². The SMILES string of the molecule is Cc1c(Nc2ccc(Br)cc2F)c(NS(=O)C2(CCO)CC2)cn(C)c1=O. The van der Waals surface area contributed by atoms with Gasteiger partial charge in [0.25, 0.3) is 5.56 Å². The Morgan fingerprint density at radius 1 is 1.37 bits per heavy atom. The molecular weight excluding hydrogens is 437 g/mol. The molecule has 0 saturated heterocycles. The van der Waals surface area contributed by atoms with Gasteiger partial charge >= 0.3 is 0 Å². The number of aryl methyl sites for hydroxylation is 1. The molecule has 1 aliphatic rings. The lowest BCUT2D eigenvalue weighted by Gasteiger charge is -2.20. The van der Waals surface area contributed by atoms with Gasteiger partial charge in [0, 0.05) is 29.9 Å². The van der Waals surface area contributed by atoms with Crippen molar-refractivity contribution in [3.05, 3.63) is 50.6 Å². The van der Waals surface area contributed by atoms with Gasteiger partial charge in [0.1, 0.15) is 16.8 Å². The van der Waals surface area contributed by atoms with E-state index in [0.29, 0.717) is 27.8 Å². The predicted octanol–water partition coefficient (Wildman–Crippen LogP) is 3.33. The Labute approximate surface area is 167 Å². The zero-order valence-corrected chi connectivity index (χ0v) is 17.4. The Bertz CT molecular complexity index is 960. The second-order valence-corrected chi connectivity index (χ2v) is 9.26. The van der Waals surface area contributed by atoms with Gasteiger partial charge < -0.3 is 19.7 Å². The number of hydrogen-bond acceptors (Lipinski definition) is 4. The molecule has 1 aliphatic carbocycles. The fourth-order valence-electron chi connectivity index (χ4n) is 2.93. The van der Waals surface area contributed by atoms with E-state index < -0.39 is 21.5 Å². The molecule has 1 saturated carbocycles. The number of hydrogen-bond donors (Lipinski definition) is 3. The number of aromatic nitrogens is 1. The normalized spacial score (nSPS) is 16.0. The molecule has 0 amide bonds. The predicted molar refractivity (Wildman–Crippen MR) is 109 cm³/mol. The molecule has 0 radical (unpaired) electrons. The highest BCUT2D eigenvalue weighted by molar-refractivity contribution is 9.10. The van der Waals surface area contributed by atoms with E-state index in [4.69, 9.17) is 0 Å². The molecule has 1 aromatic carbocycles. The highest BCUT2D eigenvalue weighted by Gasteiger charge is 2.48. The van der Waals surface area contributed by atoms with Crippen LogP contribution in [0.15, 0.2) is 33.7 Å². The Balaban J connectivity index is 1.98. The molecule has 3 rings (SSSR count). The maximum Gasteiger partial charge on any atom is 0.255 e. The van der Waals surface area contributed by atoms with Crippen molar-refractivity contribution < 1.29 is 13.7 Å². The summed E-state index contributed by atoms with van der Waals surface area (Å²) in [5.74, 6) is -0.476. The third-order valence-electron chi connectivity index (χ3n) is 4.77. The second kappa shape index (κ2) is 7.73. The minimum absolute atomic E-state index is 0.0328. The zero-order chi connectivity index (χ0) is 19.8. The number of nitrogens with zero attached hydrogens (tertiary/aromatic N) is 1. The van der Waals surface area contributed by atoms with Crippen molar-refractivity contribution in [3.63, 3.8) is 0 Å². The molecule has 0 spiro atoms. The Morgan fingerprint density at radius 2 is 2.07 bits per heavy atom. The first kappa shape index (κ1) is 20.0. The summed E-state index contributed by atoms with van der Waals surface area (Å²) in [4.78, 5) is 12.4. The van der Waals surface area contributed by atoms with Crippen molar-refractivity contribution in [1.82, 2.24) is 4.57 Å². The van der Waals surface area contributed by atoms with E-state index in [0.717, 1.165) is 12.8 Å². The van der Waals surface area contributed by atoms with Gasteiger partial charge in [-0.2, -0.15) is 0 Å². The maximum absolute atomic E-state index is 14.3. The number of aliphatic hydroxyl groups excluding tert-OH is 1. The van der Waals surface area contributed by atoms with Crippen molar-refractivity contribution in [3.8, 4) is 0 Å². The molecule has 1 fully saturated rings. The molecule has 3 N–H and O–H groups in total. The van der Waals surface area contributed by atoms with E-state index in [9.17, 15) is 18.5 Å². The highest BCUT2D eigenvalue weighted by atomic mass is 79.9. The Hall–Kier alpha value is -1.71. The smallest absolute Gasteiger partial charge is 0.255 e. The Morgan fingerprint density at radius 3 is 2.67 bits per heavy atom. The van der Waals surface area contributed by atoms with Crippen molar-refractivity contribution in [2.24, 2.45) is 7.05 Å². The van der Waals surface area contributed by atoms with E-state index in [1.54, 1.807) is 32.3 Å². The lowest BCUT2D eigenvalue weighted by atomic mass is 10.2. The minimum atomic E-state index is -1.44. The summed E-state index contributed by atoms with van der Waals surface area (Å²) in [6, 6.07) is 4.57. The Kier molecular flexibility index (Phi) is 5.73. The highest BCUT2D eigenvalue weighted by Crippen LogP contribution is 2.45. The van der Waals surface area contributed by atoms with Gasteiger partial charge in [-0.25, -0.2) is 8.60 Å².